The molecule has 3 heterocycles. The summed E-state index contributed by atoms with van der Waals surface area (Å²) in [6.45, 7) is 3.18. The predicted octanol–water partition coefficient (Wildman–Crippen LogP) is 0.593. The van der Waals surface area contributed by atoms with E-state index in [-0.39, 0.29) is 29.5 Å². The third-order valence-corrected chi connectivity index (χ3v) is 4.56. The van der Waals surface area contributed by atoms with Crippen LogP contribution in [0.25, 0.3) is 11.2 Å². The summed E-state index contributed by atoms with van der Waals surface area (Å²) in [5.74, 6) is 6.17. The third kappa shape index (κ3) is 3.39. The molecule has 0 unspecified atom stereocenters. The molecule has 0 radical (unpaired) electrons. The van der Waals surface area contributed by atoms with Gasteiger partial charge in [0.25, 0.3) is 5.56 Å². The molecule has 1 N–H and O–H groups in total. The van der Waals surface area contributed by atoms with Crippen LogP contribution in [0.2, 0.25) is 5.28 Å². The van der Waals surface area contributed by atoms with E-state index in [0.29, 0.717) is 32.1 Å². The van der Waals surface area contributed by atoms with Crippen molar-refractivity contribution in [1.29, 1.82) is 5.26 Å². The number of anilines is 1. The van der Waals surface area contributed by atoms with Gasteiger partial charge in [0.2, 0.25) is 11.2 Å². The molecule has 0 aromatic carbocycles. The second-order valence-electron chi connectivity index (χ2n) is 5.78. The molecule has 27 heavy (non-hydrogen) atoms. The zero-order valence-electron chi connectivity index (χ0n) is 14.5. The van der Waals surface area contributed by atoms with Crippen LogP contribution in [0.4, 0.5) is 10.7 Å². The van der Waals surface area contributed by atoms with E-state index >= 15 is 0 Å². The van der Waals surface area contributed by atoms with Crippen LogP contribution in [0.15, 0.2) is 4.79 Å². The standard InChI is InChI=1S/C16H16ClN7O3/c1-2-3-5-23-11-12(19-14(17)24(6-4-18)13(11)25)20-15(23)21-7-9-22(10-8-21)16(26)27/h5-10H2,1H3,(H,26,27). The molecular weight excluding hydrogens is 374 g/mol. The Morgan fingerprint density at radius 1 is 1.22 bits per heavy atom. The summed E-state index contributed by atoms with van der Waals surface area (Å²) in [5, 5.41) is 17.9. The first-order valence-electron chi connectivity index (χ1n) is 8.13. The molecule has 140 valence electrons. The van der Waals surface area contributed by atoms with Gasteiger partial charge in [-0.15, -0.1) is 5.92 Å². The molecule has 3 rings (SSSR count). The third-order valence-electron chi connectivity index (χ3n) is 4.27. The molecule has 0 atom stereocenters. The van der Waals surface area contributed by atoms with Gasteiger partial charge in [0.05, 0.1) is 12.6 Å². The molecule has 1 fully saturated rings. The summed E-state index contributed by atoms with van der Waals surface area (Å²) in [4.78, 5) is 35.7. The Balaban J connectivity index is 2.11. The molecule has 0 bridgehead atoms. The van der Waals surface area contributed by atoms with E-state index in [2.05, 4.69) is 21.8 Å². The fourth-order valence-electron chi connectivity index (χ4n) is 2.93. The van der Waals surface area contributed by atoms with Crippen molar-refractivity contribution in [2.45, 2.75) is 20.0 Å². The number of amides is 1. The van der Waals surface area contributed by atoms with Crippen LogP contribution in [-0.4, -0.2) is 61.4 Å². The smallest absolute Gasteiger partial charge is 0.407 e. The molecule has 1 saturated heterocycles. The summed E-state index contributed by atoms with van der Waals surface area (Å²) >= 11 is 6.03. The van der Waals surface area contributed by atoms with Gasteiger partial charge in [-0.05, 0) is 18.5 Å². The molecule has 1 aliphatic heterocycles. The molecule has 1 aliphatic rings. The summed E-state index contributed by atoms with van der Waals surface area (Å²) in [7, 11) is 0. The minimum atomic E-state index is -0.965. The quantitative estimate of drug-likeness (QED) is 0.602. The highest BCUT2D eigenvalue weighted by Gasteiger charge is 2.26. The number of carboxylic acid groups (broad SMARTS) is 1. The lowest BCUT2D eigenvalue weighted by atomic mass is 10.3. The maximum Gasteiger partial charge on any atom is 0.407 e. The number of hydrogen-bond donors (Lipinski definition) is 1. The highest BCUT2D eigenvalue weighted by Crippen LogP contribution is 2.22. The fraction of sp³-hybridized carbons (Fsp3) is 0.438. The summed E-state index contributed by atoms with van der Waals surface area (Å²) in [5.41, 5.74) is -0.0757. The SMILES string of the molecule is CC#CCn1c(N2CCN(C(=O)O)CC2)nc2nc(Cl)n(CC#N)c(=O)c21. The van der Waals surface area contributed by atoms with E-state index in [4.69, 9.17) is 22.0 Å². The van der Waals surface area contributed by atoms with E-state index in [1.54, 1.807) is 11.5 Å². The molecule has 0 spiro atoms. The minimum absolute atomic E-state index is 0.109. The highest BCUT2D eigenvalue weighted by atomic mass is 35.5. The van der Waals surface area contributed by atoms with E-state index in [1.165, 1.54) is 4.90 Å². The number of nitrogens with zero attached hydrogens (tertiary/aromatic N) is 7. The molecule has 2 aromatic heterocycles. The van der Waals surface area contributed by atoms with Crippen LogP contribution in [0.3, 0.4) is 0 Å². The van der Waals surface area contributed by atoms with Crippen molar-refractivity contribution in [3.63, 3.8) is 0 Å². The Kier molecular flexibility index (Phi) is 5.19. The number of carbonyl (C=O) groups is 1. The van der Waals surface area contributed by atoms with E-state index < -0.39 is 11.7 Å². The number of hydrogen-bond acceptors (Lipinski definition) is 6. The predicted molar refractivity (Wildman–Crippen MR) is 97.7 cm³/mol. The van der Waals surface area contributed by atoms with E-state index in [1.807, 2.05) is 11.0 Å². The van der Waals surface area contributed by atoms with Crippen molar-refractivity contribution in [3.05, 3.63) is 15.6 Å². The molecule has 11 heteroatoms. The molecule has 1 amide bonds. The van der Waals surface area contributed by atoms with Crippen molar-refractivity contribution in [2.75, 3.05) is 31.1 Å². The molecular formula is C16H16ClN7O3. The van der Waals surface area contributed by atoms with Gasteiger partial charge >= 0.3 is 6.09 Å². The second-order valence-corrected chi connectivity index (χ2v) is 6.12. The fourth-order valence-corrected chi connectivity index (χ4v) is 3.15. The maximum atomic E-state index is 12.8. The summed E-state index contributed by atoms with van der Waals surface area (Å²) in [6.07, 6.45) is -0.965. The van der Waals surface area contributed by atoms with Crippen molar-refractivity contribution in [3.8, 4) is 17.9 Å². The van der Waals surface area contributed by atoms with Crippen LogP contribution in [-0.2, 0) is 13.1 Å². The van der Waals surface area contributed by atoms with Crippen molar-refractivity contribution in [1.82, 2.24) is 24.0 Å². The number of imidazole rings is 1. The average Bonchev–Trinajstić information content (AvgIpc) is 3.01. The van der Waals surface area contributed by atoms with Crippen LogP contribution in [0.1, 0.15) is 6.92 Å². The van der Waals surface area contributed by atoms with Crippen molar-refractivity contribution >= 4 is 34.8 Å². The lowest BCUT2D eigenvalue weighted by molar-refractivity contribution is 0.142. The first kappa shape index (κ1) is 18.5. The highest BCUT2D eigenvalue weighted by molar-refractivity contribution is 6.28. The van der Waals surface area contributed by atoms with Crippen molar-refractivity contribution in [2.24, 2.45) is 0 Å². The van der Waals surface area contributed by atoms with Gasteiger partial charge in [0.1, 0.15) is 6.54 Å². The van der Waals surface area contributed by atoms with Gasteiger partial charge in [-0.1, -0.05) is 5.92 Å². The lowest BCUT2D eigenvalue weighted by Gasteiger charge is -2.33. The van der Waals surface area contributed by atoms with Gasteiger partial charge in [-0.3, -0.25) is 13.9 Å². The normalized spacial score (nSPS) is 14.0. The monoisotopic (exact) mass is 389 g/mol. The van der Waals surface area contributed by atoms with Gasteiger partial charge in [0, 0.05) is 26.2 Å². The Morgan fingerprint density at radius 3 is 2.52 bits per heavy atom. The van der Waals surface area contributed by atoms with E-state index in [9.17, 15) is 9.59 Å². The van der Waals surface area contributed by atoms with Crippen LogP contribution in [0.5, 0.6) is 0 Å². The van der Waals surface area contributed by atoms with E-state index in [0.717, 1.165) is 4.57 Å². The number of halogens is 1. The minimum Gasteiger partial charge on any atom is -0.465 e. The Labute approximate surface area is 159 Å². The molecule has 10 nitrogen and oxygen atoms in total. The second kappa shape index (κ2) is 7.56. The molecule has 0 aliphatic carbocycles. The van der Waals surface area contributed by atoms with Crippen molar-refractivity contribution < 1.29 is 9.90 Å². The Hall–Kier alpha value is -3.24. The number of rotatable bonds is 3. The number of piperazine rings is 1. The van der Waals surface area contributed by atoms with Gasteiger partial charge in [-0.2, -0.15) is 15.2 Å². The number of fused-ring (bicyclic) bond motifs is 1. The number of aromatic nitrogens is 4. The zero-order valence-corrected chi connectivity index (χ0v) is 15.3. The number of nitriles is 1. The van der Waals surface area contributed by atoms with Gasteiger partial charge in [0.15, 0.2) is 11.2 Å². The first-order valence-corrected chi connectivity index (χ1v) is 8.51. The maximum absolute atomic E-state index is 12.8. The van der Waals surface area contributed by atoms with Gasteiger partial charge in [-0.25, -0.2) is 4.79 Å². The van der Waals surface area contributed by atoms with Crippen LogP contribution < -0.4 is 10.5 Å². The Morgan fingerprint density at radius 2 is 1.93 bits per heavy atom. The largest absolute Gasteiger partial charge is 0.465 e. The van der Waals surface area contributed by atoms with Crippen LogP contribution >= 0.6 is 11.6 Å². The average molecular weight is 390 g/mol. The first-order chi connectivity index (χ1) is 13.0. The molecule has 2 aromatic rings. The molecule has 0 saturated carbocycles. The Bertz CT molecular complexity index is 1050. The zero-order chi connectivity index (χ0) is 19.6. The lowest BCUT2D eigenvalue weighted by Crippen LogP contribution is -2.49. The van der Waals surface area contributed by atoms with Gasteiger partial charge < -0.3 is 14.9 Å². The van der Waals surface area contributed by atoms with Crippen LogP contribution in [0, 0.1) is 23.2 Å². The summed E-state index contributed by atoms with van der Waals surface area (Å²) in [6, 6.07) is 1.89. The topological polar surface area (TPSA) is 120 Å². The summed E-state index contributed by atoms with van der Waals surface area (Å²) < 4.78 is 2.72.